The summed E-state index contributed by atoms with van der Waals surface area (Å²) in [7, 11) is 0. The summed E-state index contributed by atoms with van der Waals surface area (Å²) in [5.74, 6) is -0.188. The van der Waals surface area contributed by atoms with Crippen LogP contribution in [0.4, 0.5) is 5.69 Å². The van der Waals surface area contributed by atoms with Crippen LogP contribution in [0.3, 0.4) is 0 Å². The van der Waals surface area contributed by atoms with Crippen molar-refractivity contribution in [2.75, 3.05) is 5.73 Å². The zero-order valence-corrected chi connectivity index (χ0v) is 11.4. The van der Waals surface area contributed by atoms with Crippen molar-refractivity contribution in [2.45, 2.75) is 51.2 Å². The lowest BCUT2D eigenvalue weighted by atomic mass is 10.0. The molecule has 1 aromatic carbocycles. The van der Waals surface area contributed by atoms with Crippen molar-refractivity contribution < 1.29 is 9.90 Å². The summed E-state index contributed by atoms with van der Waals surface area (Å²) in [5, 5.41) is 12.9. The molecule has 4 heteroatoms. The second-order valence-electron chi connectivity index (χ2n) is 5.32. The number of aliphatic hydroxyl groups excluding tert-OH is 1. The summed E-state index contributed by atoms with van der Waals surface area (Å²) >= 11 is 0. The number of aliphatic hydroxyl groups is 1. The maximum atomic E-state index is 12.2. The molecule has 2 unspecified atom stereocenters. The van der Waals surface area contributed by atoms with Gasteiger partial charge < -0.3 is 16.2 Å². The van der Waals surface area contributed by atoms with E-state index < -0.39 is 6.10 Å². The van der Waals surface area contributed by atoms with Crippen molar-refractivity contribution in [3.63, 3.8) is 0 Å². The molecule has 4 N–H and O–H groups in total. The van der Waals surface area contributed by atoms with Gasteiger partial charge in [-0.05, 0) is 31.4 Å². The molecule has 0 radical (unpaired) electrons. The van der Waals surface area contributed by atoms with Crippen LogP contribution >= 0.6 is 0 Å². The molecule has 1 aromatic rings. The van der Waals surface area contributed by atoms with Gasteiger partial charge in [0.1, 0.15) is 0 Å². The number of anilines is 1. The molecule has 1 fully saturated rings. The molecular weight excluding hydrogens is 240 g/mol. The van der Waals surface area contributed by atoms with Gasteiger partial charge in [0.25, 0.3) is 5.91 Å². The average Bonchev–Trinajstić information content (AvgIpc) is 2.58. The molecule has 104 valence electrons. The highest BCUT2D eigenvalue weighted by molar-refractivity contribution is 5.99. The van der Waals surface area contributed by atoms with E-state index in [4.69, 9.17) is 5.73 Å². The Balaban J connectivity index is 2.09. The molecule has 0 aliphatic heterocycles. The van der Waals surface area contributed by atoms with Crippen molar-refractivity contribution in [2.24, 2.45) is 0 Å². The van der Waals surface area contributed by atoms with Gasteiger partial charge in [-0.2, -0.15) is 0 Å². The molecule has 0 bridgehead atoms. The third-order valence-corrected chi connectivity index (χ3v) is 3.86. The number of hydrogen-bond acceptors (Lipinski definition) is 3. The van der Waals surface area contributed by atoms with Gasteiger partial charge >= 0.3 is 0 Å². The van der Waals surface area contributed by atoms with Crippen LogP contribution < -0.4 is 11.1 Å². The second kappa shape index (κ2) is 6.06. The van der Waals surface area contributed by atoms with Gasteiger partial charge in [-0.15, -0.1) is 0 Å². The Morgan fingerprint density at radius 1 is 1.32 bits per heavy atom. The summed E-state index contributed by atoms with van der Waals surface area (Å²) in [6.07, 6.45) is 4.34. The Bertz CT molecular complexity index is 459. The van der Waals surface area contributed by atoms with E-state index in [-0.39, 0.29) is 11.9 Å². The molecule has 0 saturated heterocycles. The molecule has 0 spiro atoms. The number of amides is 1. The minimum absolute atomic E-state index is 0.157. The van der Waals surface area contributed by atoms with Crippen LogP contribution in [0, 0.1) is 6.92 Å². The summed E-state index contributed by atoms with van der Waals surface area (Å²) in [4.78, 5) is 12.2. The Morgan fingerprint density at radius 3 is 2.84 bits per heavy atom. The Labute approximate surface area is 114 Å². The van der Waals surface area contributed by atoms with Gasteiger partial charge in [-0.1, -0.05) is 31.4 Å². The molecule has 1 saturated carbocycles. The number of aryl methyl sites for hydroxylation is 1. The number of carbonyl (C=O) groups is 1. The van der Waals surface area contributed by atoms with E-state index in [1.165, 1.54) is 0 Å². The van der Waals surface area contributed by atoms with Crippen LogP contribution in [-0.4, -0.2) is 23.2 Å². The molecule has 2 rings (SSSR count). The number of hydrogen-bond donors (Lipinski definition) is 3. The highest BCUT2D eigenvalue weighted by atomic mass is 16.3. The van der Waals surface area contributed by atoms with Crippen LogP contribution in [0.5, 0.6) is 0 Å². The Hall–Kier alpha value is -1.55. The van der Waals surface area contributed by atoms with E-state index in [1.54, 1.807) is 6.07 Å². The van der Waals surface area contributed by atoms with Gasteiger partial charge in [0.2, 0.25) is 0 Å². The van der Waals surface area contributed by atoms with Gasteiger partial charge in [0.15, 0.2) is 0 Å². The van der Waals surface area contributed by atoms with Crippen molar-refractivity contribution in [3.8, 4) is 0 Å². The quantitative estimate of drug-likeness (QED) is 0.563. The van der Waals surface area contributed by atoms with E-state index in [9.17, 15) is 9.90 Å². The number of carbonyl (C=O) groups excluding carboxylic acids is 1. The van der Waals surface area contributed by atoms with E-state index in [2.05, 4.69) is 5.32 Å². The van der Waals surface area contributed by atoms with Crippen molar-refractivity contribution in [1.82, 2.24) is 5.32 Å². The van der Waals surface area contributed by atoms with Crippen LogP contribution in [-0.2, 0) is 0 Å². The molecule has 2 atom stereocenters. The molecule has 19 heavy (non-hydrogen) atoms. The van der Waals surface area contributed by atoms with Crippen LogP contribution in [0.15, 0.2) is 18.2 Å². The first-order valence-electron chi connectivity index (χ1n) is 6.93. The van der Waals surface area contributed by atoms with Crippen LogP contribution in [0.25, 0.3) is 0 Å². The first-order chi connectivity index (χ1) is 9.09. The summed E-state index contributed by atoms with van der Waals surface area (Å²) in [6.45, 7) is 1.88. The summed E-state index contributed by atoms with van der Waals surface area (Å²) < 4.78 is 0. The maximum Gasteiger partial charge on any atom is 0.253 e. The fourth-order valence-electron chi connectivity index (χ4n) is 2.58. The van der Waals surface area contributed by atoms with Crippen LogP contribution in [0.2, 0.25) is 0 Å². The monoisotopic (exact) mass is 262 g/mol. The highest BCUT2D eigenvalue weighted by Gasteiger charge is 2.24. The molecule has 1 aliphatic rings. The number of nitrogen functional groups attached to an aromatic ring is 1. The van der Waals surface area contributed by atoms with Crippen LogP contribution in [0.1, 0.15) is 48.0 Å². The lowest BCUT2D eigenvalue weighted by Gasteiger charge is -2.22. The fraction of sp³-hybridized carbons (Fsp3) is 0.533. The maximum absolute atomic E-state index is 12.2. The molecule has 1 amide bonds. The van der Waals surface area contributed by atoms with E-state index in [1.807, 2.05) is 19.1 Å². The molecule has 0 aromatic heterocycles. The Morgan fingerprint density at radius 2 is 2.05 bits per heavy atom. The summed E-state index contributed by atoms with van der Waals surface area (Å²) in [6, 6.07) is 5.27. The second-order valence-corrected chi connectivity index (χ2v) is 5.32. The predicted molar refractivity (Wildman–Crippen MR) is 75.9 cm³/mol. The van der Waals surface area contributed by atoms with Crippen molar-refractivity contribution in [3.05, 3.63) is 29.3 Å². The zero-order valence-electron chi connectivity index (χ0n) is 11.4. The number of benzene rings is 1. The van der Waals surface area contributed by atoms with E-state index in [0.717, 1.165) is 37.7 Å². The smallest absolute Gasteiger partial charge is 0.253 e. The van der Waals surface area contributed by atoms with Gasteiger partial charge in [0.05, 0.1) is 17.7 Å². The third kappa shape index (κ3) is 3.26. The van der Waals surface area contributed by atoms with E-state index in [0.29, 0.717) is 11.3 Å². The largest absolute Gasteiger partial charge is 0.398 e. The van der Waals surface area contributed by atoms with Crippen molar-refractivity contribution in [1.29, 1.82) is 0 Å². The fourth-order valence-corrected chi connectivity index (χ4v) is 2.58. The number of nitrogens with two attached hydrogens (primary N) is 1. The average molecular weight is 262 g/mol. The predicted octanol–water partition coefficient (Wildman–Crippen LogP) is 2.00. The van der Waals surface area contributed by atoms with Gasteiger partial charge in [-0.3, -0.25) is 4.79 Å². The highest BCUT2D eigenvalue weighted by Crippen LogP contribution is 2.20. The molecule has 1 aliphatic carbocycles. The standard InChI is InChI=1S/C15H22N2O2/c1-10-6-5-7-11(14(10)16)15(19)17-12-8-3-2-4-9-13(12)18/h5-7,12-13,18H,2-4,8-9,16H2,1H3,(H,17,19). The number of rotatable bonds is 2. The van der Waals surface area contributed by atoms with Gasteiger partial charge in [-0.25, -0.2) is 0 Å². The van der Waals surface area contributed by atoms with E-state index >= 15 is 0 Å². The zero-order chi connectivity index (χ0) is 13.8. The minimum Gasteiger partial charge on any atom is -0.398 e. The molecule has 0 heterocycles. The Kier molecular flexibility index (Phi) is 4.43. The van der Waals surface area contributed by atoms with Gasteiger partial charge in [0, 0.05) is 5.69 Å². The lowest BCUT2D eigenvalue weighted by Crippen LogP contribution is -2.42. The third-order valence-electron chi connectivity index (χ3n) is 3.86. The summed E-state index contributed by atoms with van der Waals surface area (Å²) in [5.41, 5.74) is 7.84. The molecule has 4 nitrogen and oxygen atoms in total. The topological polar surface area (TPSA) is 75.3 Å². The minimum atomic E-state index is -0.447. The first-order valence-corrected chi connectivity index (χ1v) is 6.93. The SMILES string of the molecule is Cc1cccc(C(=O)NC2CCCCCC2O)c1N. The molecular formula is C15H22N2O2. The number of nitrogens with one attached hydrogen (secondary N) is 1. The van der Waals surface area contributed by atoms with Crippen molar-refractivity contribution >= 4 is 11.6 Å². The number of para-hydroxylation sites is 1. The normalized spacial score (nSPS) is 23.7. The lowest BCUT2D eigenvalue weighted by molar-refractivity contribution is 0.0819. The first kappa shape index (κ1) is 13.9.